The topological polar surface area (TPSA) is 127 Å². The highest BCUT2D eigenvalue weighted by Crippen LogP contribution is 2.54. The lowest BCUT2D eigenvalue weighted by molar-refractivity contribution is -0.423. The summed E-state index contributed by atoms with van der Waals surface area (Å²) in [4.78, 5) is 20.6. The van der Waals surface area contributed by atoms with E-state index >= 15 is 0 Å². The van der Waals surface area contributed by atoms with Gasteiger partial charge < -0.3 is 10.2 Å². The van der Waals surface area contributed by atoms with Gasteiger partial charge in [-0.05, 0) is 11.1 Å². The molecule has 0 aliphatic rings. The van der Waals surface area contributed by atoms with Crippen LogP contribution in [0.4, 0.5) is 11.4 Å². The van der Waals surface area contributed by atoms with Gasteiger partial charge in [0.25, 0.3) is 0 Å². The summed E-state index contributed by atoms with van der Waals surface area (Å²) in [6.07, 6.45) is 0. The molecule has 0 saturated heterocycles. The summed E-state index contributed by atoms with van der Waals surface area (Å²) in [6, 6.07) is 16.3. The molecule has 0 atom stereocenters. The van der Waals surface area contributed by atoms with Crippen molar-refractivity contribution in [3.63, 3.8) is 0 Å². The highest BCUT2D eigenvalue weighted by atomic mass is 16.6. The highest BCUT2D eigenvalue weighted by molar-refractivity contribution is 5.98. The van der Waals surface area contributed by atoms with E-state index in [1.54, 1.807) is 60.7 Å². The molecule has 0 aliphatic heterocycles. The largest absolute Gasteiger partial charge is 0.501 e. The number of hydrogen-bond donors (Lipinski definition) is 2. The third-order valence-corrected chi connectivity index (χ3v) is 3.89. The molecule has 130 valence electrons. The zero-order valence-electron chi connectivity index (χ0n) is 13.2. The fraction of sp³-hybridized carbons (Fsp3) is 0. The molecule has 26 heavy (non-hydrogen) atoms. The van der Waals surface area contributed by atoms with Gasteiger partial charge in [0.15, 0.2) is 0 Å². The molecule has 0 heterocycles. The number of phenols is 2. The number of nitrogens with zero attached hydrogens (tertiary/aromatic N) is 2. The van der Waals surface area contributed by atoms with Crippen LogP contribution in [0.2, 0.25) is 0 Å². The molecule has 0 radical (unpaired) electrons. The highest BCUT2D eigenvalue weighted by Gasteiger charge is 2.39. The fourth-order valence-corrected chi connectivity index (χ4v) is 2.82. The predicted molar refractivity (Wildman–Crippen MR) is 94.0 cm³/mol. The number of benzene rings is 3. The summed E-state index contributed by atoms with van der Waals surface area (Å²) in [5.74, 6) is -1.74. The molecule has 2 N–H and O–H groups in total. The first-order valence-corrected chi connectivity index (χ1v) is 7.45. The molecule has 0 saturated carbocycles. The van der Waals surface area contributed by atoms with Crippen LogP contribution in [0.15, 0.2) is 60.7 Å². The molecule has 3 aromatic carbocycles. The van der Waals surface area contributed by atoms with Crippen molar-refractivity contribution in [2.75, 3.05) is 0 Å². The van der Waals surface area contributed by atoms with Gasteiger partial charge in [-0.25, -0.2) is 0 Å². The molecule has 3 aromatic rings. The maximum Gasteiger partial charge on any atom is 0.391 e. The van der Waals surface area contributed by atoms with E-state index in [9.17, 15) is 30.4 Å². The molecule has 0 unspecified atom stereocenters. The molecular weight excluding hydrogens is 340 g/mol. The van der Waals surface area contributed by atoms with Crippen molar-refractivity contribution < 1.29 is 20.1 Å². The second-order valence-electron chi connectivity index (χ2n) is 5.39. The molecule has 0 aliphatic carbocycles. The Bertz CT molecular complexity index is 921. The molecule has 0 amide bonds. The Kier molecular flexibility index (Phi) is 4.24. The summed E-state index contributed by atoms with van der Waals surface area (Å²) in [5, 5.41) is 43.8. The first-order valence-electron chi connectivity index (χ1n) is 7.45. The third-order valence-electron chi connectivity index (χ3n) is 3.89. The summed E-state index contributed by atoms with van der Waals surface area (Å²) < 4.78 is 0. The Morgan fingerprint density at radius 3 is 1.19 bits per heavy atom. The first kappa shape index (κ1) is 16.9. The van der Waals surface area contributed by atoms with Crippen LogP contribution in [-0.4, -0.2) is 20.1 Å². The van der Waals surface area contributed by atoms with Gasteiger partial charge in [0.1, 0.15) is 0 Å². The van der Waals surface area contributed by atoms with E-state index in [0.717, 1.165) is 0 Å². The van der Waals surface area contributed by atoms with E-state index in [-0.39, 0.29) is 11.1 Å². The van der Waals surface area contributed by atoms with E-state index in [2.05, 4.69) is 0 Å². The van der Waals surface area contributed by atoms with Crippen molar-refractivity contribution in [3.8, 4) is 33.8 Å². The smallest absolute Gasteiger partial charge is 0.391 e. The maximum absolute atomic E-state index is 11.4. The van der Waals surface area contributed by atoms with Crippen molar-refractivity contribution in [2.24, 2.45) is 0 Å². The number of phenolic OH excluding ortho intramolecular Hbond substituents is 2. The SMILES string of the molecule is O=[N+]([O-])c1c(O)c(-c2ccccc2)c(-c2ccccc2)c(O)c1[N+](=O)[O-]. The Morgan fingerprint density at radius 2 is 0.923 bits per heavy atom. The van der Waals surface area contributed by atoms with Crippen molar-refractivity contribution in [1.82, 2.24) is 0 Å². The molecule has 0 fully saturated rings. The van der Waals surface area contributed by atoms with Crippen LogP contribution < -0.4 is 0 Å². The van der Waals surface area contributed by atoms with Gasteiger partial charge in [-0.1, -0.05) is 60.7 Å². The monoisotopic (exact) mass is 352 g/mol. The molecule has 0 spiro atoms. The van der Waals surface area contributed by atoms with Crippen LogP contribution in [-0.2, 0) is 0 Å². The van der Waals surface area contributed by atoms with Crippen LogP contribution in [0.3, 0.4) is 0 Å². The fourth-order valence-electron chi connectivity index (χ4n) is 2.82. The average molecular weight is 352 g/mol. The first-order chi connectivity index (χ1) is 12.4. The third kappa shape index (κ3) is 2.69. The number of hydrogen-bond acceptors (Lipinski definition) is 6. The predicted octanol–water partition coefficient (Wildman–Crippen LogP) is 4.25. The number of aromatic hydroxyl groups is 2. The molecule has 8 heteroatoms. The summed E-state index contributed by atoms with van der Waals surface area (Å²) in [7, 11) is 0. The van der Waals surface area contributed by atoms with E-state index in [4.69, 9.17) is 0 Å². The zero-order chi connectivity index (χ0) is 18.8. The van der Waals surface area contributed by atoms with Crippen LogP contribution in [0.1, 0.15) is 0 Å². The van der Waals surface area contributed by atoms with Gasteiger partial charge >= 0.3 is 11.4 Å². The molecule has 8 nitrogen and oxygen atoms in total. The standard InChI is InChI=1S/C18H12N2O6/c21-17-13(11-7-3-1-4-8-11)14(12-9-5-2-6-10-12)18(22)16(20(25)26)15(17)19(23)24/h1-10,21-22H. The van der Waals surface area contributed by atoms with E-state index in [1.807, 2.05) is 0 Å². The van der Waals surface area contributed by atoms with Crippen LogP contribution in [0.5, 0.6) is 11.5 Å². The lowest BCUT2D eigenvalue weighted by Crippen LogP contribution is -2.01. The normalized spacial score (nSPS) is 10.5. The maximum atomic E-state index is 11.4. The van der Waals surface area contributed by atoms with Crippen LogP contribution in [0, 0.1) is 20.2 Å². The second-order valence-corrected chi connectivity index (χ2v) is 5.39. The Labute approximate surface area is 146 Å². The quantitative estimate of drug-likeness (QED) is 0.410. The van der Waals surface area contributed by atoms with E-state index in [0.29, 0.717) is 11.1 Å². The Morgan fingerprint density at radius 1 is 0.615 bits per heavy atom. The van der Waals surface area contributed by atoms with Crippen molar-refractivity contribution >= 4 is 11.4 Å². The molecule has 3 rings (SSSR count). The zero-order valence-corrected chi connectivity index (χ0v) is 13.2. The van der Waals surface area contributed by atoms with Crippen LogP contribution >= 0.6 is 0 Å². The Hall–Kier alpha value is -3.94. The lowest BCUT2D eigenvalue weighted by Gasteiger charge is -2.14. The Balaban J connectivity index is 2.53. The summed E-state index contributed by atoms with van der Waals surface area (Å²) in [5.41, 5.74) is -1.65. The van der Waals surface area contributed by atoms with Gasteiger partial charge in [-0.3, -0.25) is 20.2 Å². The van der Waals surface area contributed by atoms with Gasteiger partial charge in [0, 0.05) is 11.1 Å². The van der Waals surface area contributed by atoms with Crippen LogP contribution in [0.25, 0.3) is 22.3 Å². The summed E-state index contributed by atoms with van der Waals surface area (Å²) >= 11 is 0. The van der Waals surface area contributed by atoms with Gasteiger partial charge in [0.05, 0.1) is 9.85 Å². The average Bonchev–Trinajstić information content (AvgIpc) is 2.63. The van der Waals surface area contributed by atoms with Gasteiger partial charge in [-0.15, -0.1) is 0 Å². The number of rotatable bonds is 4. The minimum absolute atomic E-state index is 0.0494. The molecule has 0 aromatic heterocycles. The van der Waals surface area contributed by atoms with E-state index in [1.165, 1.54) is 0 Å². The van der Waals surface area contributed by atoms with Crippen molar-refractivity contribution in [1.29, 1.82) is 0 Å². The second kappa shape index (κ2) is 6.52. The number of nitro groups is 2. The van der Waals surface area contributed by atoms with Crippen molar-refractivity contribution in [3.05, 3.63) is 80.9 Å². The van der Waals surface area contributed by atoms with Gasteiger partial charge in [0.2, 0.25) is 11.5 Å². The minimum atomic E-state index is -1.15. The van der Waals surface area contributed by atoms with Crippen molar-refractivity contribution in [2.45, 2.75) is 0 Å². The number of nitro benzene ring substituents is 2. The van der Waals surface area contributed by atoms with Gasteiger partial charge in [-0.2, -0.15) is 0 Å². The van der Waals surface area contributed by atoms with E-state index < -0.39 is 32.7 Å². The molecular formula is C18H12N2O6. The summed E-state index contributed by atoms with van der Waals surface area (Å²) in [6.45, 7) is 0. The minimum Gasteiger partial charge on any atom is -0.501 e. The lowest BCUT2D eigenvalue weighted by atomic mass is 9.91. The molecule has 0 bridgehead atoms.